The Labute approximate surface area is 218 Å². The summed E-state index contributed by atoms with van der Waals surface area (Å²) in [5, 5.41) is 3.18. The third-order valence-electron chi connectivity index (χ3n) is 5.91. The van der Waals surface area contributed by atoms with Gasteiger partial charge in [0.05, 0.1) is 29.9 Å². The summed E-state index contributed by atoms with van der Waals surface area (Å²) in [5.74, 6) is -0.473. The molecule has 3 aromatic carbocycles. The second kappa shape index (κ2) is 10.3. The molecule has 0 saturated carbocycles. The molecule has 1 amide bonds. The molecule has 10 heteroatoms. The van der Waals surface area contributed by atoms with Crippen molar-refractivity contribution >= 4 is 33.4 Å². The molecule has 2 heterocycles. The van der Waals surface area contributed by atoms with Gasteiger partial charge >= 0.3 is 0 Å². The van der Waals surface area contributed by atoms with E-state index >= 15 is 0 Å². The quantitative estimate of drug-likeness (QED) is 0.273. The minimum absolute atomic E-state index is 0.0125. The zero-order chi connectivity index (χ0) is 26.0. The van der Waals surface area contributed by atoms with Crippen molar-refractivity contribution in [1.82, 2.24) is 15.3 Å². The SMILES string of the molecule is Cc1ccc(CNC(=O)CSc2ncc3c(n2)-c2ccccc2N(Cc2ccc(F)cc2)S3(=O)=O)cc1. The van der Waals surface area contributed by atoms with Crippen LogP contribution in [0.3, 0.4) is 0 Å². The van der Waals surface area contributed by atoms with Gasteiger partial charge < -0.3 is 5.32 Å². The van der Waals surface area contributed by atoms with Crippen LogP contribution in [-0.2, 0) is 27.9 Å². The lowest BCUT2D eigenvalue weighted by Gasteiger charge is -2.31. The van der Waals surface area contributed by atoms with E-state index in [1.165, 1.54) is 22.6 Å². The largest absolute Gasteiger partial charge is 0.351 e. The average Bonchev–Trinajstić information content (AvgIpc) is 2.90. The fraction of sp³-hybridized carbons (Fsp3) is 0.148. The number of fused-ring (bicyclic) bond motifs is 3. The Bertz CT molecular complexity index is 1560. The third kappa shape index (κ3) is 5.35. The average molecular weight is 535 g/mol. The first-order valence-corrected chi connectivity index (χ1v) is 13.9. The minimum atomic E-state index is -3.97. The van der Waals surface area contributed by atoms with Gasteiger partial charge in [-0.1, -0.05) is 71.9 Å². The molecule has 0 saturated heterocycles. The number of sulfonamides is 1. The smallest absolute Gasteiger partial charge is 0.268 e. The van der Waals surface area contributed by atoms with Gasteiger partial charge in [-0.25, -0.2) is 22.8 Å². The predicted octanol–water partition coefficient (Wildman–Crippen LogP) is 4.71. The van der Waals surface area contributed by atoms with Crippen LogP contribution in [0, 0.1) is 12.7 Å². The molecule has 188 valence electrons. The first-order valence-electron chi connectivity index (χ1n) is 11.5. The Morgan fingerprint density at radius 2 is 1.70 bits per heavy atom. The third-order valence-corrected chi connectivity index (χ3v) is 8.53. The molecule has 0 aliphatic carbocycles. The first-order chi connectivity index (χ1) is 17.8. The van der Waals surface area contributed by atoms with Crippen molar-refractivity contribution in [3.8, 4) is 11.3 Å². The van der Waals surface area contributed by atoms with Crippen LogP contribution in [0.1, 0.15) is 16.7 Å². The molecule has 37 heavy (non-hydrogen) atoms. The number of anilines is 1. The van der Waals surface area contributed by atoms with Crippen LogP contribution < -0.4 is 9.62 Å². The van der Waals surface area contributed by atoms with E-state index in [1.807, 2.05) is 37.3 Å². The second-order valence-electron chi connectivity index (χ2n) is 8.57. The summed E-state index contributed by atoms with van der Waals surface area (Å²) in [6.07, 6.45) is 1.29. The lowest BCUT2D eigenvalue weighted by molar-refractivity contribution is -0.118. The number of carbonyl (C=O) groups excluding carboxylic acids is 1. The predicted molar refractivity (Wildman–Crippen MR) is 141 cm³/mol. The van der Waals surface area contributed by atoms with E-state index < -0.39 is 15.8 Å². The van der Waals surface area contributed by atoms with E-state index in [-0.39, 0.29) is 23.1 Å². The van der Waals surface area contributed by atoms with Gasteiger partial charge in [0.1, 0.15) is 10.7 Å². The number of hydrogen-bond acceptors (Lipinski definition) is 6. The molecule has 5 rings (SSSR count). The fourth-order valence-corrected chi connectivity index (χ4v) is 6.16. The van der Waals surface area contributed by atoms with Crippen LogP contribution in [0.2, 0.25) is 0 Å². The van der Waals surface area contributed by atoms with Crippen molar-refractivity contribution in [2.45, 2.75) is 30.1 Å². The number of amides is 1. The van der Waals surface area contributed by atoms with E-state index in [1.54, 1.807) is 30.3 Å². The molecular formula is C27H23FN4O3S2. The molecule has 0 spiro atoms. The molecule has 1 aromatic heterocycles. The number of nitrogens with zero attached hydrogens (tertiary/aromatic N) is 3. The Balaban J connectivity index is 1.35. The molecule has 7 nitrogen and oxygen atoms in total. The van der Waals surface area contributed by atoms with Crippen LogP contribution in [0.25, 0.3) is 11.3 Å². The molecule has 0 bridgehead atoms. The number of thioether (sulfide) groups is 1. The molecule has 1 aliphatic heterocycles. The van der Waals surface area contributed by atoms with Gasteiger partial charge in [0.15, 0.2) is 5.16 Å². The summed E-state index contributed by atoms with van der Waals surface area (Å²) in [6, 6.07) is 20.7. The van der Waals surface area contributed by atoms with E-state index in [0.717, 1.165) is 22.9 Å². The number of rotatable bonds is 7. The number of nitrogens with one attached hydrogen (secondary N) is 1. The molecule has 4 aromatic rings. The number of aryl methyl sites for hydroxylation is 1. The number of hydrogen-bond donors (Lipinski definition) is 1. The number of para-hydroxylation sites is 1. The Morgan fingerprint density at radius 3 is 2.46 bits per heavy atom. The number of carbonyl (C=O) groups is 1. The monoisotopic (exact) mass is 534 g/mol. The summed E-state index contributed by atoms with van der Waals surface area (Å²) < 4.78 is 41.8. The van der Waals surface area contributed by atoms with Crippen molar-refractivity contribution in [3.05, 3.63) is 102 Å². The highest BCUT2D eigenvalue weighted by Gasteiger charge is 2.36. The summed E-state index contributed by atoms with van der Waals surface area (Å²) >= 11 is 1.14. The minimum Gasteiger partial charge on any atom is -0.351 e. The van der Waals surface area contributed by atoms with Gasteiger partial charge in [0, 0.05) is 12.1 Å². The maximum atomic E-state index is 13.6. The van der Waals surface area contributed by atoms with Gasteiger partial charge in [-0.2, -0.15) is 0 Å². The Kier molecular flexibility index (Phi) is 6.94. The topological polar surface area (TPSA) is 92.3 Å². The number of aromatic nitrogens is 2. The highest BCUT2D eigenvalue weighted by molar-refractivity contribution is 7.99. The van der Waals surface area contributed by atoms with Crippen LogP contribution in [0.4, 0.5) is 10.1 Å². The highest BCUT2D eigenvalue weighted by atomic mass is 32.2. The summed E-state index contributed by atoms with van der Waals surface area (Å²) in [7, 11) is -3.97. The van der Waals surface area contributed by atoms with Gasteiger partial charge in [0.25, 0.3) is 10.0 Å². The van der Waals surface area contributed by atoms with E-state index in [0.29, 0.717) is 34.2 Å². The summed E-state index contributed by atoms with van der Waals surface area (Å²) in [4.78, 5) is 21.1. The normalized spacial score (nSPS) is 13.5. The van der Waals surface area contributed by atoms with Crippen molar-refractivity contribution in [2.75, 3.05) is 10.1 Å². The zero-order valence-corrected chi connectivity index (χ0v) is 21.5. The molecule has 1 N–H and O–H groups in total. The van der Waals surface area contributed by atoms with Crippen molar-refractivity contribution < 1.29 is 17.6 Å². The van der Waals surface area contributed by atoms with Crippen LogP contribution >= 0.6 is 11.8 Å². The molecule has 0 unspecified atom stereocenters. The van der Waals surface area contributed by atoms with Crippen molar-refractivity contribution in [1.29, 1.82) is 0 Å². The molecule has 1 aliphatic rings. The van der Waals surface area contributed by atoms with E-state index in [9.17, 15) is 17.6 Å². The van der Waals surface area contributed by atoms with E-state index in [2.05, 4.69) is 15.3 Å². The van der Waals surface area contributed by atoms with Gasteiger partial charge in [-0.15, -0.1) is 0 Å². The van der Waals surface area contributed by atoms with E-state index in [4.69, 9.17) is 0 Å². The van der Waals surface area contributed by atoms with Crippen LogP contribution in [-0.4, -0.2) is 30.0 Å². The van der Waals surface area contributed by atoms with Crippen LogP contribution in [0.5, 0.6) is 0 Å². The van der Waals surface area contributed by atoms with Gasteiger partial charge in [-0.05, 0) is 36.2 Å². The lowest BCUT2D eigenvalue weighted by Crippen LogP contribution is -2.34. The molecule has 0 atom stereocenters. The Hall–Kier alpha value is -3.76. The standard InChI is InChI=1S/C27H23FN4O3S2/c1-18-6-8-19(9-7-18)14-29-25(33)17-36-27-30-15-24-26(31-27)22-4-2-3-5-23(22)32(37(24,34)35)16-20-10-12-21(28)13-11-20/h2-13,15H,14,16-17H2,1H3,(H,29,33). The maximum absolute atomic E-state index is 13.6. The van der Waals surface area contributed by atoms with Crippen molar-refractivity contribution in [3.63, 3.8) is 0 Å². The second-order valence-corrected chi connectivity index (χ2v) is 11.3. The zero-order valence-electron chi connectivity index (χ0n) is 19.9. The molecule has 0 fully saturated rings. The molecular weight excluding hydrogens is 511 g/mol. The van der Waals surface area contributed by atoms with Crippen LogP contribution in [0.15, 0.2) is 89.0 Å². The highest BCUT2D eigenvalue weighted by Crippen LogP contribution is 2.42. The van der Waals surface area contributed by atoms with Gasteiger partial charge in [-0.3, -0.25) is 9.10 Å². The molecule has 0 radical (unpaired) electrons. The first kappa shape index (κ1) is 24.9. The number of halogens is 1. The fourth-order valence-electron chi connectivity index (χ4n) is 3.96. The summed E-state index contributed by atoms with van der Waals surface area (Å²) in [6.45, 7) is 2.46. The number of benzene rings is 3. The lowest BCUT2D eigenvalue weighted by atomic mass is 10.1. The Morgan fingerprint density at radius 1 is 1.00 bits per heavy atom. The van der Waals surface area contributed by atoms with Crippen molar-refractivity contribution in [2.24, 2.45) is 0 Å². The summed E-state index contributed by atoms with van der Waals surface area (Å²) in [5.41, 5.74) is 4.21. The van der Waals surface area contributed by atoms with Gasteiger partial charge in [0.2, 0.25) is 5.91 Å². The maximum Gasteiger partial charge on any atom is 0.268 e.